The highest BCUT2D eigenvalue weighted by atomic mass is 14.7. The second kappa shape index (κ2) is 15.7. The molecule has 0 spiro atoms. The molecule has 256 valence electrons. The van der Waals surface area contributed by atoms with E-state index in [-0.39, 0.29) is 0 Å². The van der Waals surface area contributed by atoms with Crippen molar-refractivity contribution in [1.29, 1.82) is 0 Å². The van der Waals surface area contributed by atoms with Crippen LogP contribution in [-0.2, 0) is 0 Å². The van der Waals surface area contributed by atoms with Crippen molar-refractivity contribution in [2.75, 3.05) is 0 Å². The molecule has 0 aliphatic heterocycles. The third-order valence-electron chi connectivity index (χ3n) is 9.70. The predicted octanol–water partition coefficient (Wildman–Crippen LogP) is 13.1. The molecule has 0 aliphatic carbocycles. The van der Waals surface area contributed by atoms with Crippen molar-refractivity contribution in [3.63, 3.8) is 0 Å². The van der Waals surface area contributed by atoms with Crippen LogP contribution in [0.3, 0.4) is 0 Å². The van der Waals surface area contributed by atoms with E-state index >= 15 is 0 Å². The third-order valence-corrected chi connectivity index (χ3v) is 9.70. The molecule has 0 aliphatic rings. The number of benzene rings is 7. The van der Waals surface area contributed by atoms with E-state index in [1.54, 1.807) is 0 Å². The molecule has 8 rings (SSSR count). The fraction of sp³-hybridized carbons (Fsp3) is 0.0377. The van der Waals surface area contributed by atoms with Crippen molar-refractivity contribution in [1.82, 2.24) is 4.98 Å². The molecule has 0 fully saturated rings. The normalized spacial score (nSPS) is 10.6. The van der Waals surface area contributed by atoms with E-state index < -0.39 is 0 Å². The summed E-state index contributed by atoms with van der Waals surface area (Å²) in [6, 6.07) is 70.7. The van der Waals surface area contributed by atoms with Gasteiger partial charge in [0.15, 0.2) is 0 Å². The molecule has 0 saturated carbocycles. The highest BCUT2D eigenvalue weighted by molar-refractivity contribution is 6.04. The molecule has 0 amide bonds. The summed E-state index contributed by atoms with van der Waals surface area (Å²) in [5, 5.41) is 0. The predicted molar refractivity (Wildman–Crippen MR) is 227 cm³/mol. The molecule has 0 N–H and O–H groups in total. The van der Waals surface area contributed by atoms with Crippen LogP contribution in [0.1, 0.15) is 44.5 Å². The lowest BCUT2D eigenvalue weighted by Crippen LogP contribution is -1.97. The Morgan fingerprint density at radius 3 is 1.06 bits per heavy atom. The van der Waals surface area contributed by atoms with Gasteiger partial charge in [-0.2, -0.15) is 0 Å². The molecule has 8 aromatic rings. The Labute approximate surface area is 319 Å². The highest BCUT2D eigenvalue weighted by Crippen LogP contribution is 2.37. The summed E-state index contributed by atoms with van der Waals surface area (Å²) in [5.74, 6) is 6.82. The van der Waals surface area contributed by atoms with Gasteiger partial charge >= 0.3 is 0 Å². The molecule has 1 heteroatoms. The van der Waals surface area contributed by atoms with E-state index in [1.165, 1.54) is 39.0 Å². The van der Waals surface area contributed by atoms with Crippen molar-refractivity contribution >= 4 is 11.1 Å². The molecule has 1 heterocycles. The van der Waals surface area contributed by atoms with E-state index in [9.17, 15) is 0 Å². The molecule has 0 atom stereocenters. The summed E-state index contributed by atoms with van der Waals surface area (Å²) in [4.78, 5) is 5.09. The number of pyridine rings is 1. The average Bonchev–Trinajstić information content (AvgIpc) is 3.24. The van der Waals surface area contributed by atoms with Gasteiger partial charge in [-0.05, 0) is 94.8 Å². The summed E-state index contributed by atoms with van der Waals surface area (Å²) in [6.45, 7) is 4.22. The molecule has 0 saturated heterocycles. The van der Waals surface area contributed by atoms with Crippen molar-refractivity contribution in [3.05, 3.63) is 245 Å². The Balaban J connectivity index is 1.11. The van der Waals surface area contributed by atoms with Crippen LogP contribution in [-0.4, -0.2) is 4.98 Å². The summed E-state index contributed by atoms with van der Waals surface area (Å²) >= 11 is 0. The second-order valence-electron chi connectivity index (χ2n) is 13.6. The van der Waals surface area contributed by atoms with Crippen LogP contribution < -0.4 is 0 Å². The lowest BCUT2D eigenvalue weighted by atomic mass is 9.85. The van der Waals surface area contributed by atoms with Crippen LogP contribution in [0.2, 0.25) is 0 Å². The summed E-state index contributed by atoms with van der Waals surface area (Å²) in [6.07, 6.45) is 0. The van der Waals surface area contributed by atoms with Crippen LogP contribution in [0, 0.1) is 25.7 Å². The van der Waals surface area contributed by atoms with Crippen LogP contribution in [0.5, 0.6) is 0 Å². The van der Waals surface area contributed by atoms with Gasteiger partial charge in [-0.25, -0.2) is 4.98 Å². The third kappa shape index (κ3) is 7.75. The molecular formula is C53H39N. The standard InChI is InChI=1S/C53H39N/c1-38-18-28-43(29-19-38)50-36-49(37-51(54-50)44-30-20-39(2)21-31-44)42-32-24-40(25-33-42)22-23-41-26-34-48(35-27-41)53(47-16-10-5-11-17-47)52(45-12-6-3-7-13-45)46-14-8-4-9-15-46/h3-21,24-37H,1-2H3. The maximum atomic E-state index is 5.09. The first-order valence-electron chi connectivity index (χ1n) is 18.4. The minimum absolute atomic E-state index is 0.959. The van der Waals surface area contributed by atoms with Crippen molar-refractivity contribution in [3.8, 4) is 45.5 Å². The zero-order chi connectivity index (χ0) is 36.7. The van der Waals surface area contributed by atoms with Crippen molar-refractivity contribution < 1.29 is 0 Å². The number of hydrogen-bond donors (Lipinski definition) is 0. The first-order valence-corrected chi connectivity index (χ1v) is 18.4. The van der Waals surface area contributed by atoms with Gasteiger partial charge in [0.05, 0.1) is 11.4 Å². The van der Waals surface area contributed by atoms with E-state index in [1.807, 2.05) is 0 Å². The van der Waals surface area contributed by atoms with Gasteiger partial charge in [0.2, 0.25) is 0 Å². The number of aromatic nitrogens is 1. The van der Waals surface area contributed by atoms with Crippen molar-refractivity contribution in [2.45, 2.75) is 13.8 Å². The smallest absolute Gasteiger partial charge is 0.0715 e. The molecular weight excluding hydrogens is 651 g/mol. The van der Waals surface area contributed by atoms with Crippen LogP contribution >= 0.6 is 0 Å². The summed E-state index contributed by atoms with van der Waals surface area (Å²) in [7, 11) is 0. The Morgan fingerprint density at radius 1 is 0.333 bits per heavy atom. The second-order valence-corrected chi connectivity index (χ2v) is 13.6. The fourth-order valence-electron chi connectivity index (χ4n) is 6.78. The average molecular weight is 690 g/mol. The van der Waals surface area contributed by atoms with Gasteiger partial charge in [-0.15, -0.1) is 0 Å². The first-order chi connectivity index (χ1) is 26.6. The highest BCUT2D eigenvalue weighted by Gasteiger charge is 2.16. The number of nitrogens with zero attached hydrogens (tertiary/aromatic N) is 1. The minimum Gasteiger partial charge on any atom is -0.248 e. The Morgan fingerprint density at radius 2 is 0.667 bits per heavy atom. The first kappa shape index (κ1) is 34.1. The Hall–Kier alpha value is -7.01. The van der Waals surface area contributed by atoms with Crippen LogP contribution in [0.15, 0.2) is 200 Å². The van der Waals surface area contributed by atoms with Crippen molar-refractivity contribution in [2.24, 2.45) is 0 Å². The molecule has 1 aromatic heterocycles. The Kier molecular flexibility index (Phi) is 9.92. The molecule has 1 nitrogen and oxygen atoms in total. The Bertz CT molecular complexity index is 2480. The monoisotopic (exact) mass is 689 g/mol. The largest absolute Gasteiger partial charge is 0.248 e. The topological polar surface area (TPSA) is 12.9 Å². The van der Waals surface area contributed by atoms with Gasteiger partial charge in [-0.3, -0.25) is 0 Å². The molecule has 0 unspecified atom stereocenters. The maximum absolute atomic E-state index is 5.09. The molecule has 0 bridgehead atoms. The van der Waals surface area contributed by atoms with E-state index in [0.29, 0.717) is 0 Å². The summed E-state index contributed by atoms with van der Waals surface area (Å²) < 4.78 is 0. The quantitative estimate of drug-likeness (QED) is 0.120. The SMILES string of the molecule is Cc1ccc(-c2cc(-c3ccc(C#Cc4ccc(C(=C(c5ccccc5)c5ccccc5)c5ccccc5)cc4)cc3)cc(-c3ccc(C)cc3)n2)cc1. The zero-order valence-corrected chi connectivity index (χ0v) is 30.5. The lowest BCUT2D eigenvalue weighted by molar-refractivity contribution is 1.31. The zero-order valence-electron chi connectivity index (χ0n) is 30.5. The fourth-order valence-corrected chi connectivity index (χ4v) is 6.78. The molecule has 54 heavy (non-hydrogen) atoms. The van der Waals surface area contributed by atoms with Gasteiger partial charge in [0.1, 0.15) is 0 Å². The summed E-state index contributed by atoms with van der Waals surface area (Å²) in [5.41, 5.74) is 17.8. The number of aryl methyl sites for hydroxylation is 2. The van der Waals surface area contributed by atoms with E-state index in [2.05, 4.69) is 226 Å². The van der Waals surface area contributed by atoms with Gasteiger partial charge in [-0.1, -0.05) is 187 Å². The lowest BCUT2D eigenvalue weighted by Gasteiger charge is -2.18. The van der Waals surface area contributed by atoms with Gasteiger partial charge < -0.3 is 0 Å². The maximum Gasteiger partial charge on any atom is 0.0715 e. The van der Waals surface area contributed by atoms with Gasteiger partial charge in [0.25, 0.3) is 0 Å². The number of hydrogen-bond acceptors (Lipinski definition) is 1. The van der Waals surface area contributed by atoms with E-state index in [4.69, 9.17) is 4.98 Å². The molecule has 7 aromatic carbocycles. The van der Waals surface area contributed by atoms with Gasteiger partial charge in [0, 0.05) is 22.3 Å². The molecule has 0 radical (unpaired) electrons. The minimum atomic E-state index is 0.959. The van der Waals surface area contributed by atoms with Crippen LogP contribution in [0.4, 0.5) is 0 Å². The number of rotatable bonds is 7. The van der Waals surface area contributed by atoms with Crippen LogP contribution in [0.25, 0.3) is 44.8 Å². The van der Waals surface area contributed by atoms with E-state index in [0.717, 1.165) is 50.3 Å².